The fourth-order valence-corrected chi connectivity index (χ4v) is 3.37. The molecule has 0 unspecified atom stereocenters. The average Bonchev–Trinajstić information content (AvgIpc) is 2.67. The number of esters is 1. The van der Waals surface area contributed by atoms with Gasteiger partial charge in [0.15, 0.2) is 0 Å². The van der Waals surface area contributed by atoms with Crippen LogP contribution in [0.3, 0.4) is 0 Å². The number of anilines is 1. The molecule has 0 fully saturated rings. The topological polar surface area (TPSA) is 52.3 Å². The molecule has 16 heavy (non-hydrogen) atoms. The van der Waals surface area contributed by atoms with E-state index in [9.17, 15) is 4.79 Å². The molecule has 0 aliphatic heterocycles. The molecule has 0 bridgehead atoms. The molecule has 1 heterocycles. The van der Waals surface area contributed by atoms with Crippen LogP contribution in [0.4, 0.5) is 5.69 Å². The van der Waals surface area contributed by atoms with Gasteiger partial charge in [-0.2, -0.15) is 0 Å². The van der Waals surface area contributed by atoms with Gasteiger partial charge in [0.2, 0.25) is 0 Å². The second-order valence-corrected chi connectivity index (χ2v) is 5.43. The van der Waals surface area contributed by atoms with Crippen molar-refractivity contribution in [3.8, 4) is 0 Å². The highest BCUT2D eigenvalue weighted by Crippen LogP contribution is 2.34. The van der Waals surface area contributed by atoms with Crippen LogP contribution in [0.1, 0.15) is 34.1 Å². The van der Waals surface area contributed by atoms with Crippen molar-refractivity contribution < 1.29 is 9.53 Å². The Morgan fingerprint density at radius 1 is 1.56 bits per heavy atom. The molecule has 5 heteroatoms. The van der Waals surface area contributed by atoms with Gasteiger partial charge in [-0.05, 0) is 31.7 Å². The van der Waals surface area contributed by atoms with E-state index < -0.39 is 0 Å². The summed E-state index contributed by atoms with van der Waals surface area (Å²) in [7, 11) is 0. The van der Waals surface area contributed by atoms with Gasteiger partial charge in [-0.25, -0.2) is 4.79 Å². The Hall–Kier alpha value is -0.940. The van der Waals surface area contributed by atoms with Gasteiger partial charge >= 0.3 is 5.97 Å². The molecule has 3 nitrogen and oxygen atoms in total. The smallest absolute Gasteiger partial charge is 0.340 e. The molecular formula is C11H13NO2S2. The van der Waals surface area contributed by atoms with E-state index in [0.29, 0.717) is 21.7 Å². The van der Waals surface area contributed by atoms with E-state index in [0.717, 1.165) is 24.8 Å². The molecular weight excluding hydrogens is 242 g/mol. The summed E-state index contributed by atoms with van der Waals surface area (Å²) in [5.41, 5.74) is 7.87. The van der Waals surface area contributed by atoms with E-state index in [-0.39, 0.29) is 5.97 Å². The van der Waals surface area contributed by atoms with Gasteiger partial charge in [0.1, 0.15) is 3.82 Å². The third kappa shape index (κ3) is 1.85. The highest BCUT2D eigenvalue weighted by Gasteiger charge is 2.24. The van der Waals surface area contributed by atoms with E-state index in [1.165, 1.54) is 16.2 Å². The summed E-state index contributed by atoms with van der Waals surface area (Å²) in [5.74, 6) is -0.336. The largest absolute Gasteiger partial charge is 0.462 e. The zero-order valence-electron chi connectivity index (χ0n) is 9.04. The van der Waals surface area contributed by atoms with Crippen molar-refractivity contribution in [3.63, 3.8) is 0 Å². The number of nitrogen functional groups attached to an aromatic ring is 1. The zero-order chi connectivity index (χ0) is 11.7. The molecule has 2 rings (SSSR count). The van der Waals surface area contributed by atoms with Gasteiger partial charge in [0.25, 0.3) is 0 Å². The highest BCUT2D eigenvalue weighted by molar-refractivity contribution is 7.73. The lowest BCUT2D eigenvalue weighted by molar-refractivity contribution is 0.0526. The van der Waals surface area contributed by atoms with Crippen molar-refractivity contribution >= 4 is 35.2 Å². The van der Waals surface area contributed by atoms with Crippen LogP contribution in [0.5, 0.6) is 0 Å². The molecule has 1 aromatic heterocycles. The second kappa shape index (κ2) is 4.51. The Bertz CT molecular complexity index is 493. The van der Waals surface area contributed by atoms with Gasteiger partial charge in [-0.1, -0.05) is 12.2 Å². The zero-order valence-corrected chi connectivity index (χ0v) is 10.7. The lowest BCUT2D eigenvalue weighted by atomic mass is 10.1. The standard InChI is InChI=1S/C11H13NO2S2/c1-2-14-10(13)8-6-4-3-5-7(6)16-11(15)9(8)12/h2-5,12H2,1H3. The normalized spacial score (nSPS) is 13.6. The molecule has 0 saturated heterocycles. The summed E-state index contributed by atoms with van der Waals surface area (Å²) in [4.78, 5) is 13.0. The van der Waals surface area contributed by atoms with Crippen molar-refractivity contribution in [2.45, 2.75) is 26.2 Å². The van der Waals surface area contributed by atoms with Crippen molar-refractivity contribution in [3.05, 3.63) is 19.8 Å². The van der Waals surface area contributed by atoms with Gasteiger partial charge in [-0.15, -0.1) is 11.3 Å². The van der Waals surface area contributed by atoms with Crippen LogP contribution in [0.25, 0.3) is 0 Å². The lowest BCUT2D eigenvalue weighted by Crippen LogP contribution is -2.11. The molecule has 2 N–H and O–H groups in total. The minimum atomic E-state index is -0.336. The number of rotatable bonds is 2. The summed E-state index contributed by atoms with van der Waals surface area (Å²) in [5, 5.41) is 0. The maximum atomic E-state index is 11.8. The van der Waals surface area contributed by atoms with Crippen LogP contribution in [0, 0.1) is 3.82 Å². The number of fused-ring (bicyclic) bond motifs is 1. The summed E-state index contributed by atoms with van der Waals surface area (Å²) in [6.45, 7) is 2.15. The van der Waals surface area contributed by atoms with E-state index in [4.69, 9.17) is 22.7 Å². The minimum absolute atomic E-state index is 0.336. The fourth-order valence-electron chi connectivity index (χ4n) is 1.96. The molecule has 0 atom stereocenters. The first-order valence-corrected chi connectivity index (χ1v) is 6.49. The van der Waals surface area contributed by atoms with Crippen molar-refractivity contribution in [2.24, 2.45) is 0 Å². The van der Waals surface area contributed by atoms with Crippen molar-refractivity contribution in [2.75, 3.05) is 12.3 Å². The number of hydrogen-bond acceptors (Lipinski definition) is 5. The van der Waals surface area contributed by atoms with Gasteiger partial charge < -0.3 is 10.5 Å². The molecule has 0 aromatic carbocycles. The molecule has 0 spiro atoms. The summed E-state index contributed by atoms with van der Waals surface area (Å²) >= 11 is 6.70. The van der Waals surface area contributed by atoms with Gasteiger partial charge in [0, 0.05) is 4.88 Å². The molecule has 0 radical (unpaired) electrons. The molecule has 86 valence electrons. The van der Waals surface area contributed by atoms with Crippen LogP contribution in [0.15, 0.2) is 0 Å². The fraction of sp³-hybridized carbons (Fsp3) is 0.455. The Labute approximate surface area is 103 Å². The minimum Gasteiger partial charge on any atom is -0.462 e. The SMILES string of the molecule is CCOC(=O)c1c2c(sc(=S)c1N)CCC2. The number of carbonyl (C=O) groups excluding carboxylic acids is 1. The third-order valence-corrected chi connectivity index (χ3v) is 4.23. The first kappa shape index (κ1) is 11.5. The van der Waals surface area contributed by atoms with Crippen LogP contribution in [0.2, 0.25) is 0 Å². The number of nitrogens with two attached hydrogens (primary N) is 1. The molecule has 0 amide bonds. The predicted octanol–water partition coefficient (Wildman–Crippen LogP) is 2.73. The van der Waals surface area contributed by atoms with Crippen LogP contribution >= 0.6 is 23.6 Å². The van der Waals surface area contributed by atoms with Gasteiger partial charge in [-0.3, -0.25) is 0 Å². The summed E-state index contributed by atoms with van der Waals surface area (Å²) < 4.78 is 5.63. The maximum Gasteiger partial charge on any atom is 0.340 e. The Balaban J connectivity index is 2.59. The molecule has 1 aliphatic carbocycles. The Morgan fingerprint density at radius 3 is 3.00 bits per heavy atom. The predicted molar refractivity (Wildman–Crippen MR) is 67.5 cm³/mol. The third-order valence-electron chi connectivity index (χ3n) is 2.65. The maximum absolute atomic E-state index is 11.8. The van der Waals surface area contributed by atoms with E-state index in [2.05, 4.69) is 0 Å². The highest BCUT2D eigenvalue weighted by atomic mass is 32.1. The number of hydrogen-bond donors (Lipinski definition) is 1. The van der Waals surface area contributed by atoms with E-state index in [1.807, 2.05) is 0 Å². The first-order valence-electron chi connectivity index (χ1n) is 5.26. The number of carbonyl (C=O) groups is 1. The van der Waals surface area contributed by atoms with Crippen molar-refractivity contribution in [1.29, 1.82) is 0 Å². The van der Waals surface area contributed by atoms with Crippen LogP contribution in [-0.2, 0) is 17.6 Å². The number of aryl methyl sites for hydroxylation is 1. The average molecular weight is 255 g/mol. The molecule has 1 aromatic rings. The summed E-state index contributed by atoms with van der Waals surface area (Å²) in [6.07, 6.45) is 2.96. The Morgan fingerprint density at radius 2 is 2.31 bits per heavy atom. The van der Waals surface area contributed by atoms with Crippen molar-refractivity contribution in [1.82, 2.24) is 0 Å². The van der Waals surface area contributed by atoms with Crippen LogP contribution < -0.4 is 5.73 Å². The second-order valence-electron chi connectivity index (χ2n) is 3.65. The lowest BCUT2D eigenvalue weighted by Gasteiger charge is -2.10. The molecule has 0 saturated carbocycles. The van der Waals surface area contributed by atoms with E-state index >= 15 is 0 Å². The van der Waals surface area contributed by atoms with Crippen LogP contribution in [-0.4, -0.2) is 12.6 Å². The monoisotopic (exact) mass is 255 g/mol. The Kier molecular flexibility index (Phi) is 3.25. The number of ether oxygens (including phenoxy) is 1. The summed E-state index contributed by atoms with van der Waals surface area (Å²) in [6, 6.07) is 0. The molecule has 1 aliphatic rings. The first-order chi connectivity index (χ1) is 7.65. The van der Waals surface area contributed by atoms with E-state index in [1.54, 1.807) is 6.92 Å². The quantitative estimate of drug-likeness (QED) is 0.652. The van der Waals surface area contributed by atoms with Gasteiger partial charge in [0.05, 0.1) is 17.9 Å².